The van der Waals surface area contributed by atoms with Crippen LogP contribution in [0.15, 0.2) is 18.5 Å². The Morgan fingerprint density at radius 3 is 2.81 bits per heavy atom. The van der Waals surface area contributed by atoms with Crippen molar-refractivity contribution in [2.24, 2.45) is 0 Å². The summed E-state index contributed by atoms with van der Waals surface area (Å²) in [7, 11) is 0. The van der Waals surface area contributed by atoms with Crippen LogP contribution < -0.4 is 0 Å². The van der Waals surface area contributed by atoms with Crippen LogP contribution in [0, 0.1) is 18.3 Å². The van der Waals surface area contributed by atoms with Gasteiger partial charge in [-0.3, -0.25) is 5.10 Å². The minimum atomic E-state index is 0.240. The molecule has 106 valence electrons. The average Bonchev–Trinajstić information content (AvgIpc) is 3.06. The fraction of sp³-hybridized carbons (Fsp3) is 0.333. The number of hydrogen-bond donors (Lipinski definition) is 1. The highest BCUT2D eigenvalue weighted by Gasteiger charge is 2.18. The molecule has 6 heteroatoms. The van der Waals surface area contributed by atoms with Gasteiger partial charge in [0, 0.05) is 12.4 Å². The maximum Gasteiger partial charge on any atom is 0.145 e. The van der Waals surface area contributed by atoms with Crippen molar-refractivity contribution in [1.82, 2.24) is 24.7 Å². The molecule has 3 aromatic heterocycles. The van der Waals surface area contributed by atoms with E-state index in [0.29, 0.717) is 12.1 Å². The first-order valence-corrected chi connectivity index (χ1v) is 6.86. The van der Waals surface area contributed by atoms with Crippen molar-refractivity contribution in [2.45, 2.75) is 33.2 Å². The van der Waals surface area contributed by atoms with E-state index in [1.807, 2.05) is 23.8 Å². The third-order valence-corrected chi connectivity index (χ3v) is 3.42. The van der Waals surface area contributed by atoms with E-state index in [4.69, 9.17) is 0 Å². The molecule has 3 heterocycles. The van der Waals surface area contributed by atoms with Gasteiger partial charge in [-0.2, -0.15) is 10.4 Å². The average molecular weight is 280 g/mol. The molecule has 0 saturated heterocycles. The van der Waals surface area contributed by atoms with Gasteiger partial charge in [-0.1, -0.05) is 13.8 Å². The fourth-order valence-electron chi connectivity index (χ4n) is 2.51. The Kier molecular flexibility index (Phi) is 3.18. The second-order valence-corrected chi connectivity index (χ2v) is 5.37. The van der Waals surface area contributed by atoms with Gasteiger partial charge in [0.05, 0.1) is 28.9 Å². The van der Waals surface area contributed by atoms with Gasteiger partial charge in [-0.05, 0) is 18.9 Å². The number of nitrogens with zero attached hydrogens (tertiary/aromatic N) is 5. The molecule has 0 amide bonds. The number of hydrogen-bond acceptors (Lipinski definition) is 4. The van der Waals surface area contributed by atoms with E-state index in [0.717, 1.165) is 28.2 Å². The van der Waals surface area contributed by atoms with Crippen LogP contribution >= 0.6 is 0 Å². The summed E-state index contributed by atoms with van der Waals surface area (Å²) in [5.74, 6) is 0.962. The number of aromatic nitrogens is 5. The zero-order valence-corrected chi connectivity index (χ0v) is 12.3. The Hall–Kier alpha value is -2.68. The van der Waals surface area contributed by atoms with Crippen molar-refractivity contribution < 1.29 is 0 Å². The van der Waals surface area contributed by atoms with E-state index in [9.17, 15) is 5.26 Å². The largest absolute Gasteiger partial charge is 0.325 e. The van der Waals surface area contributed by atoms with E-state index in [2.05, 4.69) is 40.1 Å². The number of fused-ring (bicyclic) bond motifs is 1. The molecule has 0 aliphatic heterocycles. The van der Waals surface area contributed by atoms with E-state index < -0.39 is 0 Å². The van der Waals surface area contributed by atoms with Crippen LogP contribution in [-0.2, 0) is 6.54 Å². The van der Waals surface area contributed by atoms with E-state index >= 15 is 0 Å². The van der Waals surface area contributed by atoms with Gasteiger partial charge in [0.25, 0.3) is 0 Å². The maximum absolute atomic E-state index is 9.41. The zero-order chi connectivity index (χ0) is 15.0. The normalized spacial score (nSPS) is 11.2. The fourth-order valence-corrected chi connectivity index (χ4v) is 2.51. The summed E-state index contributed by atoms with van der Waals surface area (Å²) in [6.45, 7) is 6.64. The number of H-pyrrole nitrogens is 1. The number of nitrogens with one attached hydrogen (secondary N) is 1. The summed E-state index contributed by atoms with van der Waals surface area (Å²) >= 11 is 0. The minimum Gasteiger partial charge on any atom is -0.325 e. The summed E-state index contributed by atoms with van der Waals surface area (Å²) in [4.78, 5) is 9.06. The SMILES string of the molecule is Cc1nc(C(C)C)c2c(C#N)cn(Cc3ccn[nH]3)c2n1. The molecular formula is C15H16N6. The van der Waals surface area contributed by atoms with Crippen molar-refractivity contribution in [3.05, 3.63) is 41.2 Å². The van der Waals surface area contributed by atoms with Crippen molar-refractivity contribution in [2.75, 3.05) is 0 Å². The molecule has 0 radical (unpaired) electrons. The van der Waals surface area contributed by atoms with Crippen molar-refractivity contribution >= 4 is 11.0 Å². The molecule has 6 nitrogen and oxygen atoms in total. The monoisotopic (exact) mass is 280 g/mol. The van der Waals surface area contributed by atoms with Crippen LogP contribution in [0.3, 0.4) is 0 Å². The summed E-state index contributed by atoms with van der Waals surface area (Å²) in [6.07, 6.45) is 3.55. The van der Waals surface area contributed by atoms with E-state index in [-0.39, 0.29) is 5.92 Å². The number of aromatic amines is 1. The first kappa shape index (κ1) is 13.3. The molecule has 3 aromatic rings. The first-order valence-electron chi connectivity index (χ1n) is 6.86. The van der Waals surface area contributed by atoms with E-state index in [1.54, 1.807) is 6.20 Å². The Morgan fingerprint density at radius 1 is 1.38 bits per heavy atom. The molecule has 0 bridgehead atoms. The smallest absolute Gasteiger partial charge is 0.145 e. The third kappa shape index (κ3) is 2.27. The van der Waals surface area contributed by atoms with Crippen LogP contribution in [-0.4, -0.2) is 24.7 Å². The summed E-state index contributed by atoms with van der Waals surface area (Å²) < 4.78 is 1.97. The van der Waals surface area contributed by atoms with Gasteiger partial charge in [-0.15, -0.1) is 0 Å². The highest BCUT2D eigenvalue weighted by Crippen LogP contribution is 2.27. The molecule has 0 spiro atoms. The Labute approximate surface area is 122 Å². The zero-order valence-electron chi connectivity index (χ0n) is 12.3. The molecule has 0 saturated carbocycles. The predicted octanol–water partition coefficient (Wildman–Crippen LogP) is 2.51. The Morgan fingerprint density at radius 2 is 2.19 bits per heavy atom. The number of rotatable bonds is 3. The quantitative estimate of drug-likeness (QED) is 0.799. The van der Waals surface area contributed by atoms with Crippen LogP contribution in [0.2, 0.25) is 0 Å². The van der Waals surface area contributed by atoms with Crippen molar-refractivity contribution in [1.29, 1.82) is 5.26 Å². The lowest BCUT2D eigenvalue weighted by Gasteiger charge is -2.09. The summed E-state index contributed by atoms with van der Waals surface area (Å²) in [5.41, 5.74) is 3.32. The van der Waals surface area contributed by atoms with Gasteiger partial charge >= 0.3 is 0 Å². The molecular weight excluding hydrogens is 264 g/mol. The summed E-state index contributed by atoms with van der Waals surface area (Å²) in [6, 6.07) is 4.17. The Bertz CT molecular complexity index is 820. The second kappa shape index (κ2) is 5.02. The molecule has 0 aromatic carbocycles. The number of nitriles is 1. The molecule has 3 rings (SSSR count). The van der Waals surface area contributed by atoms with Crippen LogP contribution in [0.1, 0.15) is 42.5 Å². The highest BCUT2D eigenvalue weighted by molar-refractivity contribution is 5.86. The molecule has 0 aliphatic carbocycles. The van der Waals surface area contributed by atoms with Crippen molar-refractivity contribution in [3.8, 4) is 6.07 Å². The van der Waals surface area contributed by atoms with Crippen LogP contribution in [0.5, 0.6) is 0 Å². The van der Waals surface area contributed by atoms with Gasteiger partial charge in [0.2, 0.25) is 0 Å². The maximum atomic E-state index is 9.41. The Balaban J connectivity index is 2.25. The standard InChI is InChI=1S/C15H16N6/c1-9(2)14-13-11(6-16)7-21(8-12-4-5-17-20-12)15(13)19-10(3)18-14/h4-5,7,9H,8H2,1-3H3,(H,17,20). The van der Waals surface area contributed by atoms with Crippen LogP contribution in [0.25, 0.3) is 11.0 Å². The molecule has 0 fully saturated rings. The first-order chi connectivity index (χ1) is 10.1. The lowest BCUT2D eigenvalue weighted by atomic mass is 10.0. The molecule has 0 unspecified atom stereocenters. The molecule has 0 aliphatic rings. The topological polar surface area (TPSA) is 83.2 Å². The third-order valence-electron chi connectivity index (χ3n) is 3.42. The lowest BCUT2D eigenvalue weighted by Crippen LogP contribution is -2.04. The second-order valence-electron chi connectivity index (χ2n) is 5.37. The lowest BCUT2D eigenvalue weighted by molar-refractivity contribution is 0.778. The molecule has 21 heavy (non-hydrogen) atoms. The van der Waals surface area contributed by atoms with Crippen LogP contribution in [0.4, 0.5) is 0 Å². The highest BCUT2D eigenvalue weighted by atomic mass is 15.1. The minimum absolute atomic E-state index is 0.240. The molecule has 1 N–H and O–H groups in total. The van der Waals surface area contributed by atoms with Gasteiger partial charge in [0.1, 0.15) is 17.5 Å². The van der Waals surface area contributed by atoms with Gasteiger partial charge in [-0.25, -0.2) is 9.97 Å². The molecule has 0 atom stereocenters. The van der Waals surface area contributed by atoms with Crippen molar-refractivity contribution in [3.63, 3.8) is 0 Å². The van der Waals surface area contributed by atoms with Gasteiger partial charge in [0.15, 0.2) is 0 Å². The van der Waals surface area contributed by atoms with E-state index in [1.165, 1.54) is 0 Å². The van der Waals surface area contributed by atoms with Gasteiger partial charge < -0.3 is 4.57 Å². The predicted molar refractivity (Wildman–Crippen MR) is 78.8 cm³/mol. The number of aryl methyl sites for hydroxylation is 1. The summed E-state index contributed by atoms with van der Waals surface area (Å²) in [5, 5.41) is 17.2.